The lowest BCUT2D eigenvalue weighted by atomic mass is 10.2. The minimum Gasteiger partial charge on any atom is -0.339 e. The van der Waals surface area contributed by atoms with Crippen LogP contribution in [0.3, 0.4) is 0 Å². The number of para-hydroxylation sites is 1. The van der Waals surface area contributed by atoms with Gasteiger partial charge < -0.3 is 4.52 Å². The summed E-state index contributed by atoms with van der Waals surface area (Å²) < 4.78 is 6.34. The van der Waals surface area contributed by atoms with Crippen molar-refractivity contribution in [1.82, 2.24) is 15.1 Å². The smallest absolute Gasteiger partial charge is 0.229 e. The van der Waals surface area contributed by atoms with E-state index in [1.165, 1.54) is 11.3 Å². The lowest BCUT2D eigenvalue weighted by Gasteiger charge is -2.16. The van der Waals surface area contributed by atoms with Crippen LogP contribution in [-0.4, -0.2) is 27.6 Å². The highest BCUT2D eigenvalue weighted by Crippen LogP contribution is 2.29. The Hall–Kier alpha value is -2.58. The van der Waals surface area contributed by atoms with E-state index in [1.807, 2.05) is 48.0 Å². The lowest BCUT2D eigenvalue weighted by Crippen LogP contribution is -2.30. The van der Waals surface area contributed by atoms with Gasteiger partial charge in [0.25, 0.3) is 0 Å². The molecule has 0 aliphatic rings. The second kappa shape index (κ2) is 7.35. The number of hydrogen-bond acceptors (Lipinski definition) is 7. The van der Waals surface area contributed by atoms with E-state index in [9.17, 15) is 4.79 Å². The molecule has 4 rings (SSSR count). The van der Waals surface area contributed by atoms with Crippen molar-refractivity contribution < 1.29 is 9.32 Å². The Morgan fingerprint density at radius 1 is 1.23 bits per heavy atom. The number of thiophene rings is 1. The number of carbonyl (C=O) groups is 1. The predicted octanol–water partition coefficient (Wildman–Crippen LogP) is 4.39. The van der Waals surface area contributed by atoms with E-state index in [0.29, 0.717) is 31.1 Å². The molecular formula is C18H16N4O2S2. The molecule has 1 amide bonds. The second-order valence-electron chi connectivity index (χ2n) is 5.63. The molecule has 0 N–H and O–H groups in total. The Labute approximate surface area is 158 Å². The highest BCUT2D eigenvalue weighted by molar-refractivity contribution is 7.22. The van der Waals surface area contributed by atoms with Gasteiger partial charge in [0.05, 0.1) is 10.2 Å². The lowest BCUT2D eigenvalue weighted by molar-refractivity contribution is -0.118. The molecule has 0 aliphatic heterocycles. The van der Waals surface area contributed by atoms with E-state index >= 15 is 0 Å². The molecule has 3 aromatic heterocycles. The zero-order valence-corrected chi connectivity index (χ0v) is 15.7. The summed E-state index contributed by atoms with van der Waals surface area (Å²) in [5, 5.41) is 8.63. The number of nitrogens with zero attached hydrogens (tertiary/aromatic N) is 4. The largest absolute Gasteiger partial charge is 0.339 e. The molecule has 8 heteroatoms. The number of rotatable bonds is 6. The normalized spacial score (nSPS) is 11.1. The number of benzene rings is 1. The molecular weight excluding hydrogens is 368 g/mol. The van der Waals surface area contributed by atoms with Crippen LogP contribution in [0.15, 0.2) is 45.6 Å². The molecule has 0 radical (unpaired) electrons. The van der Waals surface area contributed by atoms with Gasteiger partial charge in [0.1, 0.15) is 0 Å². The summed E-state index contributed by atoms with van der Waals surface area (Å²) in [5.74, 6) is 1.04. The molecule has 0 spiro atoms. The number of amides is 1. The maximum absolute atomic E-state index is 12.7. The first-order valence-corrected chi connectivity index (χ1v) is 10.0. The summed E-state index contributed by atoms with van der Waals surface area (Å²) >= 11 is 3.11. The van der Waals surface area contributed by atoms with Gasteiger partial charge in [0.2, 0.25) is 17.6 Å². The molecule has 4 aromatic rings. The first-order chi connectivity index (χ1) is 12.7. The van der Waals surface area contributed by atoms with Crippen molar-refractivity contribution in [3.63, 3.8) is 0 Å². The summed E-state index contributed by atoms with van der Waals surface area (Å²) in [6, 6.07) is 9.83. The summed E-state index contributed by atoms with van der Waals surface area (Å²) in [6.45, 7) is 2.52. The van der Waals surface area contributed by atoms with Gasteiger partial charge in [0, 0.05) is 30.3 Å². The van der Waals surface area contributed by atoms with E-state index in [4.69, 9.17) is 4.52 Å². The molecule has 0 aliphatic carbocycles. The van der Waals surface area contributed by atoms with Crippen LogP contribution in [0.25, 0.3) is 21.6 Å². The third kappa shape index (κ3) is 3.38. The van der Waals surface area contributed by atoms with Crippen LogP contribution >= 0.6 is 22.7 Å². The maximum atomic E-state index is 12.7. The number of hydrogen-bond donors (Lipinski definition) is 0. The van der Waals surface area contributed by atoms with Crippen LogP contribution in [0.1, 0.15) is 19.2 Å². The molecule has 0 bridgehead atoms. The second-order valence-corrected chi connectivity index (χ2v) is 7.42. The quantitative estimate of drug-likeness (QED) is 0.493. The van der Waals surface area contributed by atoms with Crippen molar-refractivity contribution in [2.75, 3.05) is 11.4 Å². The minimum atomic E-state index is 0.00170. The third-order valence-electron chi connectivity index (χ3n) is 3.93. The van der Waals surface area contributed by atoms with Crippen molar-refractivity contribution >= 4 is 43.9 Å². The number of thiazole rings is 1. The van der Waals surface area contributed by atoms with Crippen LogP contribution < -0.4 is 4.90 Å². The molecule has 0 saturated heterocycles. The number of aromatic nitrogens is 3. The average molecular weight is 384 g/mol. The average Bonchev–Trinajstić information content (AvgIpc) is 3.39. The van der Waals surface area contributed by atoms with E-state index in [2.05, 4.69) is 15.1 Å². The van der Waals surface area contributed by atoms with Crippen LogP contribution in [0.4, 0.5) is 5.13 Å². The molecule has 1 aromatic carbocycles. The fourth-order valence-corrected chi connectivity index (χ4v) is 4.29. The molecule has 0 fully saturated rings. The standard InChI is InChI=1S/C18H16N4O2S2/c1-2-22(18-19-13-5-3-4-6-14(13)26-18)16(23)8-7-15-20-17(21-24-15)12-9-10-25-11-12/h3-6,9-11H,2,7-8H2,1H3. The zero-order chi connectivity index (χ0) is 17.9. The zero-order valence-electron chi connectivity index (χ0n) is 14.1. The highest BCUT2D eigenvalue weighted by Gasteiger charge is 2.19. The van der Waals surface area contributed by atoms with Crippen molar-refractivity contribution in [2.24, 2.45) is 0 Å². The van der Waals surface area contributed by atoms with Gasteiger partial charge in [-0.25, -0.2) is 4.98 Å². The Balaban J connectivity index is 1.44. The van der Waals surface area contributed by atoms with Gasteiger partial charge in [0.15, 0.2) is 5.13 Å². The van der Waals surface area contributed by atoms with Crippen LogP contribution in [0, 0.1) is 0 Å². The van der Waals surface area contributed by atoms with E-state index in [0.717, 1.165) is 20.9 Å². The Morgan fingerprint density at radius 3 is 2.88 bits per heavy atom. The maximum Gasteiger partial charge on any atom is 0.229 e. The number of aryl methyl sites for hydroxylation is 1. The first kappa shape index (κ1) is 16.9. The van der Waals surface area contributed by atoms with Crippen molar-refractivity contribution in [2.45, 2.75) is 19.8 Å². The Kier molecular flexibility index (Phi) is 4.77. The van der Waals surface area contributed by atoms with Gasteiger partial charge in [-0.15, -0.1) is 0 Å². The molecule has 3 heterocycles. The van der Waals surface area contributed by atoms with Gasteiger partial charge in [-0.2, -0.15) is 16.3 Å². The molecule has 132 valence electrons. The van der Waals surface area contributed by atoms with Gasteiger partial charge in [-0.1, -0.05) is 28.6 Å². The topological polar surface area (TPSA) is 72.1 Å². The number of fused-ring (bicyclic) bond motifs is 1. The van der Waals surface area contributed by atoms with Crippen molar-refractivity contribution in [3.05, 3.63) is 47.0 Å². The predicted molar refractivity (Wildman–Crippen MR) is 104 cm³/mol. The van der Waals surface area contributed by atoms with Gasteiger partial charge in [-0.3, -0.25) is 9.69 Å². The molecule has 0 atom stereocenters. The molecule has 0 unspecified atom stereocenters. The van der Waals surface area contributed by atoms with Crippen LogP contribution in [0.5, 0.6) is 0 Å². The first-order valence-electron chi connectivity index (χ1n) is 8.25. The summed E-state index contributed by atoms with van der Waals surface area (Å²) in [7, 11) is 0. The van der Waals surface area contributed by atoms with Crippen molar-refractivity contribution in [1.29, 1.82) is 0 Å². The Morgan fingerprint density at radius 2 is 2.12 bits per heavy atom. The highest BCUT2D eigenvalue weighted by atomic mass is 32.1. The minimum absolute atomic E-state index is 0.00170. The number of anilines is 1. The van der Waals surface area contributed by atoms with Crippen LogP contribution in [0.2, 0.25) is 0 Å². The number of carbonyl (C=O) groups excluding carboxylic acids is 1. The summed E-state index contributed by atoms with van der Waals surface area (Å²) in [6.07, 6.45) is 0.715. The Bertz CT molecular complexity index is 990. The van der Waals surface area contributed by atoms with Gasteiger partial charge >= 0.3 is 0 Å². The van der Waals surface area contributed by atoms with E-state index in [-0.39, 0.29) is 5.91 Å². The summed E-state index contributed by atoms with van der Waals surface area (Å²) in [5.41, 5.74) is 1.84. The molecule has 6 nitrogen and oxygen atoms in total. The van der Waals surface area contributed by atoms with Crippen molar-refractivity contribution in [3.8, 4) is 11.4 Å². The van der Waals surface area contributed by atoms with E-state index in [1.54, 1.807) is 16.2 Å². The van der Waals surface area contributed by atoms with Gasteiger partial charge in [-0.05, 0) is 30.5 Å². The summed E-state index contributed by atoms with van der Waals surface area (Å²) in [4.78, 5) is 23.3. The molecule has 26 heavy (non-hydrogen) atoms. The SMILES string of the molecule is CCN(C(=O)CCc1nc(-c2ccsc2)no1)c1nc2ccccc2s1. The molecule has 0 saturated carbocycles. The van der Waals surface area contributed by atoms with Crippen LogP contribution in [-0.2, 0) is 11.2 Å². The fraction of sp³-hybridized carbons (Fsp3) is 0.222. The van der Waals surface area contributed by atoms with E-state index < -0.39 is 0 Å². The third-order valence-corrected chi connectivity index (χ3v) is 5.67. The monoisotopic (exact) mass is 384 g/mol. The fourth-order valence-electron chi connectivity index (χ4n) is 2.61.